The summed E-state index contributed by atoms with van der Waals surface area (Å²) >= 11 is 12.2. The number of hydrogen-bond acceptors (Lipinski definition) is 4. The predicted octanol–water partition coefficient (Wildman–Crippen LogP) is 5.63. The molecular weight excluding hydrogens is 449 g/mol. The number of amides is 1. The molecule has 4 rings (SSSR count). The van der Waals surface area contributed by atoms with Gasteiger partial charge >= 0.3 is 0 Å². The summed E-state index contributed by atoms with van der Waals surface area (Å²) in [5, 5.41) is 14.3. The maximum absolute atomic E-state index is 12.9. The van der Waals surface area contributed by atoms with Crippen LogP contribution in [0.4, 0.5) is 5.69 Å². The predicted molar refractivity (Wildman–Crippen MR) is 130 cm³/mol. The zero-order valence-electron chi connectivity index (χ0n) is 17.5. The third-order valence-corrected chi connectivity index (χ3v) is 6.67. The van der Waals surface area contributed by atoms with Crippen molar-refractivity contribution in [1.29, 1.82) is 0 Å². The highest BCUT2D eigenvalue weighted by Gasteiger charge is 2.18. The topological polar surface area (TPSA) is 108 Å². The summed E-state index contributed by atoms with van der Waals surface area (Å²) in [6.45, 7) is 0. The number of carbonyl (C=O) groups is 1. The van der Waals surface area contributed by atoms with Gasteiger partial charge in [-0.25, -0.2) is 0 Å². The maximum Gasteiger partial charge on any atom is 0.251 e. The van der Waals surface area contributed by atoms with Crippen molar-refractivity contribution in [3.63, 3.8) is 0 Å². The SMILES string of the molecule is Nc1c(Cl)cc(-c2[nH]c3cc(C(=O)NC4CCCCCCC4)ccc3c(=O)c2O)cc1Cl. The van der Waals surface area contributed by atoms with Crippen LogP contribution < -0.4 is 16.5 Å². The fourth-order valence-corrected chi connectivity index (χ4v) is 4.72. The number of aromatic hydroxyl groups is 1. The molecule has 1 aromatic heterocycles. The normalized spacial score (nSPS) is 15.3. The Labute approximate surface area is 195 Å². The first-order chi connectivity index (χ1) is 15.3. The Balaban J connectivity index is 1.69. The number of nitrogens with two attached hydrogens (primary N) is 1. The fourth-order valence-electron chi connectivity index (χ4n) is 4.23. The van der Waals surface area contributed by atoms with Crippen molar-refractivity contribution in [3.05, 3.63) is 56.2 Å². The van der Waals surface area contributed by atoms with Gasteiger partial charge in [0.15, 0.2) is 5.75 Å². The number of halogens is 2. The number of benzene rings is 2. The number of anilines is 1. The van der Waals surface area contributed by atoms with Gasteiger partial charge in [-0.1, -0.05) is 55.3 Å². The average molecular weight is 474 g/mol. The molecule has 0 bridgehead atoms. The van der Waals surface area contributed by atoms with Crippen molar-refractivity contribution < 1.29 is 9.90 Å². The lowest BCUT2D eigenvalue weighted by atomic mass is 9.96. The van der Waals surface area contributed by atoms with Gasteiger partial charge in [0.25, 0.3) is 5.91 Å². The summed E-state index contributed by atoms with van der Waals surface area (Å²) in [6.07, 6.45) is 7.86. The molecule has 1 aliphatic rings. The number of pyridine rings is 1. The van der Waals surface area contributed by atoms with Gasteiger partial charge < -0.3 is 21.1 Å². The second kappa shape index (κ2) is 9.43. The lowest BCUT2D eigenvalue weighted by molar-refractivity contribution is 0.0930. The van der Waals surface area contributed by atoms with E-state index in [9.17, 15) is 14.7 Å². The molecule has 1 fully saturated rings. The molecule has 0 atom stereocenters. The van der Waals surface area contributed by atoms with E-state index in [1.54, 1.807) is 18.2 Å². The molecule has 6 nitrogen and oxygen atoms in total. The number of nitrogen functional groups attached to an aromatic ring is 1. The van der Waals surface area contributed by atoms with Crippen LogP contribution >= 0.6 is 23.2 Å². The molecule has 0 spiro atoms. The van der Waals surface area contributed by atoms with Crippen LogP contribution in [0.1, 0.15) is 55.3 Å². The smallest absolute Gasteiger partial charge is 0.251 e. The molecule has 1 heterocycles. The van der Waals surface area contributed by atoms with Crippen LogP contribution in [0.5, 0.6) is 5.75 Å². The van der Waals surface area contributed by atoms with E-state index in [0.29, 0.717) is 16.6 Å². The lowest BCUT2D eigenvalue weighted by Gasteiger charge is -2.21. The Bertz CT molecular complexity index is 1210. The molecule has 8 heteroatoms. The number of hydrogen-bond donors (Lipinski definition) is 4. The van der Waals surface area contributed by atoms with E-state index in [1.165, 1.54) is 31.4 Å². The molecule has 3 aromatic rings. The molecule has 5 N–H and O–H groups in total. The van der Waals surface area contributed by atoms with Gasteiger partial charge in [0.1, 0.15) is 0 Å². The van der Waals surface area contributed by atoms with Crippen LogP contribution in [0.3, 0.4) is 0 Å². The van der Waals surface area contributed by atoms with Crippen LogP contribution in [-0.4, -0.2) is 22.0 Å². The molecule has 1 aliphatic carbocycles. The molecule has 1 saturated carbocycles. The number of carbonyl (C=O) groups excluding carboxylic acids is 1. The van der Waals surface area contributed by atoms with Crippen molar-refractivity contribution in [2.24, 2.45) is 0 Å². The number of aromatic nitrogens is 1. The monoisotopic (exact) mass is 473 g/mol. The third kappa shape index (κ3) is 4.57. The van der Waals surface area contributed by atoms with Crippen LogP contribution in [0.2, 0.25) is 10.0 Å². The summed E-state index contributed by atoms with van der Waals surface area (Å²) in [5.41, 5.74) is 6.90. The number of rotatable bonds is 3. The second-order valence-electron chi connectivity index (χ2n) is 8.31. The van der Waals surface area contributed by atoms with Gasteiger partial charge in [-0.2, -0.15) is 0 Å². The second-order valence-corrected chi connectivity index (χ2v) is 9.12. The summed E-state index contributed by atoms with van der Waals surface area (Å²) in [6, 6.07) is 7.97. The Morgan fingerprint density at radius 2 is 1.66 bits per heavy atom. The third-order valence-electron chi connectivity index (χ3n) is 6.05. The highest BCUT2D eigenvalue weighted by molar-refractivity contribution is 6.39. The lowest BCUT2D eigenvalue weighted by Crippen LogP contribution is -2.35. The Hall–Kier alpha value is -2.70. The Kier molecular flexibility index (Phi) is 6.63. The zero-order chi connectivity index (χ0) is 22.8. The van der Waals surface area contributed by atoms with Crippen LogP contribution in [-0.2, 0) is 0 Å². The van der Waals surface area contributed by atoms with Crippen molar-refractivity contribution in [2.45, 2.75) is 51.0 Å². The summed E-state index contributed by atoms with van der Waals surface area (Å²) < 4.78 is 0. The number of aromatic amines is 1. The van der Waals surface area contributed by atoms with Crippen LogP contribution in [0.15, 0.2) is 35.1 Å². The van der Waals surface area contributed by atoms with E-state index in [2.05, 4.69) is 10.3 Å². The minimum Gasteiger partial charge on any atom is -0.503 e. The van der Waals surface area contributed by atoms with E-state index < -0.39 is 11.2 Å². The van der Waals surface area contributed by atoms with Gasteiger partial charge in [0.2, 0.25) is 5.43 Å². The largest absolute Gasteiger partial charge is 0.503 e. The van der Waals surface area contributed by atoms with Crippen LogP contribution in [0.25, 0.3) is 22.2 Å². The summed E-state index contributed by atoms with van der Waals surface area (Å²) in [7, 11) is 0. The Morgan fingerprint density at radius 1 is 1.03 bits per heavy atom. The number of H-pyrrole nitrogens is 1. The zero-order valence-corrected chi connectivity index (χ0v) is 19.0. The average Bonchev–Trinajstić information content (AvgIpc) is 2.75. The van der Waals surface area contributed by atoms with Gasteiger partial charge in [-0.3, -0.25) is 9.59 Å². The van der Waals surface area contributed by atoms with E-state index in [1.807, 2.05) is 0 Å². The molecule has 0 aliphatic heterocycles. The molecule has 2 aromatic carbocycles. The number of nitrogens with one attached hydrogen (secondary N) is 2. The molecule has 1 amide bonds. The minimum atomic E-state index is -0.551. The fraction of sp³-hybridized carbons (Fsp3) is 0.333. The summed E-state index contributed by atoms with van der Waals surface area (Å²) in [4.78, 5) is 28.7. The highest BCUT2D eigenvalue weighted by atomic mass is 35.5. The van der Waals surface area contributed by atoms with Crippen molar-refractivity contribution >= 4 is 45.7 Å². The van der Waals surface area contributed by atoms with Gasteiger partial charge in [-0.15, -0.1) is 0 Å². The highest BCUT2D eigenvalue weighted by Crippen LogP contribution is 2.35. The van der Waals surface area contributed by atoms with Gasteiger partial charge in [-0.05, 0) is 43.2 Å². The quantitative estimate of drug-likeness (QED) is 0.369. The number of fused-ring (bicyclic) bond motifs is 1. The Morgan fingerprint density at radius 3 is 2.31 bits per heavy atom. The molecule has 0 saturated heterocycles. The molecule has 0 radical (unpaired) electrons. The van der Waals surface area contributed by atoms with Crippen LogP contribution in [0, 0.1) is 0 Å². The first-order valence-electron chi connectivity index (χ1n) is 10.8. The molecular formula is C24H25Cl2N3O3. The van der Waals surface area contributed by atoms with E-state index in [0.717, 1.165) is 25.7 Å². The van der Waals surface area contributed by atoms with E-state index in [-0.39, 0.29) is 38.8 Å². The van der Waals surface area contributed by atoms with E-state index >= 15 is 0 Å². The molecule has 168 valence electrons. The summed E-state index contributed by atoms with van der Waals surface area (Å²) in [5.74, 6) is -0.632. The standard InChI is InChI=1S/C24H25Cl2N3O3/c25-17-10-14(11-18(26)20(17)27)21-23(31)22(30)16-9-8-13(12-19(16)29-21)24(32)28-15-6-4-2-1-3-5-7-15/h8-12,15,31H,1-7,27H2,(H,28,32)(H,29,30). The van der Waals surface area contributed by atoms with Gasteiger partial charge in [0.05, 0.1) is 26.9 Å². The van der Waals surface area contributed by atoms with E-state index in [4.69, 9.17) is 28.9 Å². The minimum absolute atomic E-state index is 0.156. The van der Waals surface area contributed by atoms with Crippen molar-refractivity contribution in [1.82, 2.24) is 10.3 Å². The first kappa shape index (κ1) is 22.5. The van der Waals surface area contributed by atoms with Crippen molar-refractivity contribution in [2.75, 3.05) is 5.73 Å². The molecule has 32 heavy (non-hydrogen) atoms. The van der Waals surface area contributed by atoms with Crippen molar-refractivity contribution in [3.8, 4) is 17.0 Å². The van der Waals surface area contributed by atoms with Gasteiger partial charge in [0, 0.05) is 22.6 Å². The first-order valence-corrected chi connectivity index (χ1v) is 11.6. The maximum atomic E-state index is 12.9. The molecule has 0 unspecified atom stereocenters.